The first kappa shape index (κ1) is 12.3. The van der Waals surface area contributed by atoms with E-state index in [0.29, 0.717) is 19.1 Å². The Labute approximate surface area is 97.1 Å². The molecule has 0 spiro atoms. The Morgan fingerprint density at radius 2 is 2.06 bits per heavy atom. The third-order valence-electron chi connectivity index (χ3n) is 3.45. The first-order valence-corrected chi connectivity index (χ1v) is 7.67. The number of nitrogens with one attached hydrogen (secondary N) is 1. The minimum absolute atomic E-state index is 0.189. The average molecular weight is 248 g/mol. The lowest BCUT2D eigenvalue weighted by molar-refractivity contribution is -0.0241. The van der Waals surface area contributed by atoms with Gasteiger partial charge in [-0.1, -0.05) is 0 Å². The van der Waals surface area contributed by atoms with Crippen LogP contribution in [0.25, 0.3) is 0 Å². The molecular weight excluding hydrogens is 228 g/mol. The van der Waals surface area contributed by atoms with Crippen LogP contribution in [0.3, 0.4) is 0 Å². The van der Waals surface area contributed by atoms with E-state index in [0.717, 1.165) is 19.7 Å². The van der Waals surface area contributed by atoms with Crippen molar-refractivity contribution in [1.82, 2.24) is 10.2 Å². The fraction of sp³-hybridized carbons (Fsp3) is 1.00. The van der Waals surface area contributed by atoms with E-state index in [-0.39, 0.29) is 17.6 Å². The summed E-state index contributed by atoms with van der Waals surface area (Å²) in [5.41, 5.74) is 0. The van der Waals surface area contributed by atoms with E-state index in [1.807, 2.05) is 0 Å². The standard InChI is InChI=1S/C10H20N2O3S/c1-9(10-8-11-2-5-15-10)12-3-6-16(13,14)7-4-12/h9-11H,2-8H2,1H3. The highest BCUT2D eigenvalue weighted by atomic mass is 32.2. The lowest BCUT2D eigenvalue weighted by Gasteiger charge is -2.38. The molecule has 0 radical (unpaired) electrons. The maximum Gasteiger partial charge on any atom is 0.152 e. The molecule has 2 aliphatic heterocycles. The van der Waals surface area contributed by atoms with E-state index < -0.39 is 9.84 Å². The number of hydrogen-bond donors (Lipinski definition) is 1. The lowest BCUT2D eigenvalue weighted by Crippen LogP contribution is -2.54. The Morgan fingerprint density at radius 1 is 1.38 bits per heavy atom. The molecule has 0 aromatic carbocycles. The van der Waals surface area contributed by atoms with Gasteiger partial charge in [-0.25, -0.2) is 8.42 Å². The summed E-state index contributed by atoms with van der Waals surface area (Å²) in [5.74, 6) is 0.578. The molecule has 0 saturated carbocycles. The lowest BCUT2D eigenvalue weighted by atomic mass is 10.1. The van der Waals surface area contributed by atoms with E-state index in [4.69, 9.17) is 4.74 Å². The second-order valence-corrected chi connectivity index (χ2v) is 6.85. The molecule has 0 aromatic heterocycles. The summed E-state index contributed by atoms with van der Waals surface area (Å²) in [7, 11) is -2.78. The van der Waals surface area contributed by atoms with Crippen LogP contribution >= 0.6 is 0 Å². The molecule has 2 unspecified atom stereocenters. The minimum atomic E-state index is -2.78. The van der Waals surface area contributed by atoms with Crippen molar-refractivity contribution in [3.8, 4) is 0 Å². The smallest absolute Gasteiger partial charge is 0.152 e. The van der Waals surface area contributed by atoms with Gasteiger partial charge in [-0.05, 0) is 6.92 Å². The molecule has 0 aromatic rings. The zero-order valence-electron chi connectivity index (χ0n) is 9.68. The second-order valence-electron chi connectivity index (χ2n) is 4.54. The quantitative estimate of drug-likeness (QED) is 0.686. The summed E-state index contributed by atoms with van der Waals surface area (Å²) in [4.78, 5) is 2.22. The van der Waals surface area contributed by atoms with Crippen LogP contribution in [0.5, 0.6) is 0 Å². The number of morpholine rings is 1. The van der Waals surface area contributed by atoms with Crippen LogP contribution in [0, 0.1) is 0 Å². The molecule has 2 fully saturated rings. The SMILES string of the molecule is CC(C1CNCCO1)N1CCS(=O)(=O)CC1. The van der Waals surface area contributed by atoms with Crippen LogP contribution in [-0.4, -0.2) is 69.8 Å². The molecule has 0 amide bonds. The van der Waals surface area contributed by atoms with Crippen LogP contribution in [-0.2, 0) is 14.6 Å². The van der Waals surface area contributed by atoms with Gasteiger partial charge in [0.2, 0.25) is 0 Å². The largest absolute Gasteiger partial charge is 0.374 e. The second kappa shape index (κ2) is 5.00. The van der Waals surface area contributed by atoms with Crippen molar-refractivity contribution in [3.63, 3.8) is 0 Å². The van der Waals surface area contributed by atoms with Gasteiger partial charge in [0.25, 0.3) is 0 Å². The summed E-state index contributed by atoms with van der Waals surface area (Å²) in [5, 5.41) is 3.30. The number of nitrogens with zero attached hydrogens (tertiary/aromatic N) is 1. The first-order chi connectivity index (χ1) is 7.58. The summed E-state index contributed by atoms with van der Waals surface area (Å²) in [6.07, 6.45) is 0.189. The third-order valence-corrected chi connectivity index (χ3v) is 5.06. The summed E-state index contributed by atoms with van der Waals surface area (Å²) >= 11 is 0. The molecule has 2 aliphatic rings. The molecule has 0 bridgehead atoms. The normalized spacial score (nSPS) is 33.4. The molecule has 2 rings (SSSR count). The maximum atomic E-state index is 11.3. The van der Waals surface area contributed by atoms with E-state index in [9.17, 15) is 8.42 Å². The topological polar surface area (TPSA) is 58.6 Å². The Balaban J connectivity index is 1.88. The highest BCUT2D eigenvalue weighted by Gasteiger charge is 2.30. The minimum Gasteiger partial charge on any atom is -0.374 e. The van der Waals surface area contributed by atoms with Crippen molar-refractivity contribution >= 4 is 9.84 Å². The number of sulfone groups is 1. The molecule has 6 heteroatoms. The zero-order chi connectivity index (χ0) is 11.6. The zero-order valence-corrected chi connectivity index (χ0v) is 10.5. The fourth-order valence-electron chi connectivity index (χ4n) is 2.26. The molecule has 2 atom stereocenters. The third kappa shape index (κ3) is 2.94. The van der Waals surface area contributed by atoms with Crippen molar-refractivity contribution < 1.29 is 13.2 Å². The van der Waals surface area contributed by atoms with Gasteiger partial charge in [0.15, 0.2) is 9.84 Å². The van der Waals surface area contributed by atoms with Gasteiger partial charge < -0.3 is 10.1 Å². The Bertz CT molecular complexity index is 311. The van der Waals surface area contributed by atoms with Crippen molar-refractivity contribution in [2.24, 2.45) is 0 Å². The van der Waals surface area contributed by atoms with Gasteiger partial charge in [0, 0.05) is 32.2 Å². The van der Waals surface area contributed by atoms with Crippen molar-refractivity contribution in [1.29, 1.82) is 0 Å². The highest BCUT2D eigenvalue weighted by Crippen LogP contribution is 2.13. The molecule has 5 nitrogen and oxygen atoms in total. The van der Waals surface area contributed by atoms with E-state index in [1.165, 1.54) is 0 Å². The molecular formula is C10H20N2O3S. The molecule has 2 saturated heterocycles. The molecule has 16 heavy (non-hydrogen) atoms. The molecule has 94 valence electrons. The van der Waals surface area contributed by atoms with Gasteiger partial charge >= 0.3 is 0 Å². The summed E-state index contributed by atoms with van der Waals surface area (Å²) in [6, 6.07) is 0.295. The summed E-state index contributed by atoms with van der Waals surface area (Å²) in [6.45, 7) is 5.94. The predicted octanol–water partition coefficient (Wildman–Crippen LogP) is -0.906. The Morgan fingerprint density at radius 3 is 2.62 bits per heavy atom. The van der Waals surface area contributed by atoms with Gasteiger partial charge in [0.1, 0.15) is 0 Å². The Hall–Kier alpha value is -0.170. The molecule has 1 N–H and O–H groups in total. The van der Waals surface area contributed by atoms with Gasteiger partial charge in [-0.3, -0.25) is 4.90 Å². The number of hydrogen-bond acceptors (Lipinski definition) is 5. The number of rotatable bonds is 2. The van der Waals surface area contributed by atoms with Crippen molar-refractivity contribution in [3.05, 3.63) is 0 Å². The van der Waals surface area contributed by atoms with Crippen LogP contribution in [0.2, 0.25) is 0 Å². The average Bonchev–Trinajstić information content (AvgIpc) is 2.29. The van der Waals surface area contributed by atoms with Crippen LogP contribution in [0.15, 0.2) is 0 Å². The van der Waals surface area contributed by atoms with Crippen LogP contribution in [0.4, 0.5) is 0 Å². The highest BCUT2D eigenvalue weighted by molar-refractivity contribution is 7.91. The van der Waals surface area contributed by atoms with E-state index >= 15 is 0 Å². The predicted molar refractivity (Wildman–Crippen MR) is 62.3 cm³/mol. The number of ether oxygens (including phenoxy) is 1. The van der Waals surface area contributed by atoms with Gasteiger partial charge in [0.05, 0.1) is 24.2 Å². The van der Waals surface area contributed by atoms with Crippen LogP contribution < -0.4 is 5.32 Å². The summed E-state index contributed by atoms with van der Waals surface area (Å²) < 4.78 is 28.3. The van der Waals surface area contributed by atoms with E-state index in [2.05, 4.69) is 17.1 Å². The first-order valence-electron chi connectivity index (χ1n) is 5.85. The van der Waals surface area contributed by atoms with Gasteiger partial charge in [-0.15, -0.1) is 0 Å². The van der Waals surface area contributed by atoms with E-state index in [1.54, 1.807) is 0 Å². The Kier molecular flexibility index (Phi) is 3.84. The molecule has 2 heterocycles. The molecule has 0 aliphatic carbocycles. The van der Waals surface area contributed by atoms with Crippen molar-refractivity contribution in [2.45, 2.75) is 19.1 Å². The fourth-order valence-corrected chi connectivity index (χ4v) is 3.49. The monoisotopic (exact) mass is 248 g/mol. The maximum absolute atomic E-state index is 11.3. The van der Waals surface area contributed by atoms with Crippen LogP contribution in [0.1, 0.15) is 6.92 Å². The van der Waals surface area contributed by atoms with Crippen molar-refractivity contribution in [2.75, 3.05) is 44.3 Å². The van der Waals surface area contributed by atoms with Gasteiger partial charge in [-0.2, -0.15) is 0 Å².